The summed E-state index contributed by atoms with van der Waals surface area (Å²) in [7, 11) is 1.36. The minimum absolute atomic E-state index is 0.00228. The summed E-state index contributed by atoms with van der Waals surface area (Å²) in [5.74, 6) is -2.80. The molecular formula is C25H24O9. The molecule has 0 amide bonds. The number of hydrogen-bond acceptors (Lipinski definition) is 9. The van der Waals surface area contributed by atoms with Crippen LogP contribution in [0.1, 0.15) is 69.3 Å². The molecule has 1 heterocycles. The number of rotatable bonds is 5. The van der Waals surface area contributed by atoms with Crippen LogP contribution in [0.2, 0.25) is 0 Å². The smallest absolute Gasteiger partial charge is 0.202 e. The molecule has 34 heavy (non-hydrogen) atoms. The second-order valence-electron chi connectivity index (χ2n) is 9.05. The number of fused-ring (bicyclic) bond motifs is 3. The normalized spacial score (nSPS) is 27.0. The molecule has 2 aromatic carbocycles. The molecule has 5 rings (SSSR count). The van der Waals surface area contributed by atoms with Crippen LogP contribution in [0.25, 0.3) is 0 Å². The first-order chi connectivity index (χ1) is 16.1. The highest BCUT2D eigenvalue weighted by atomic mass is 16.6. The van der Waals surface area contributed by atoms with Crippen LogP contribution in [-0.4, -0.2) is 64.2 Å². The van der Waals surface area contributed by atoms with E-state index in [-0.39, 0.29) is 70.8 Å². The van der Waals surface area contributed by atoms with Crippen molar-refractivity contribution >= 4 is 17.3 Å². The number of ketones is 3. The van der Waals surface area contributed by atoms with Crippen LogP contribution in [0.5, 0.6) is 17.2 Å². The first kappa shape index (κ1) is 22.5. The second kappa shape index (κ2) is 7.63. The van der Waals surface area contributed by atoms with Crippen molar-refractivity contribution < 1.29 is 43.9 Å². The minimum Gasteiger partial charge on any atom is -0.507 e. The third-order valence-electron chi connectivity index (χ3n) is 7.03. The number of ether oxygens (including phenoxy) is 3. The fraction of sp³-hybridized carbons (Fsp3) is 0.400. The number of aliphatic hydroxyl groups is 1. The molecule has 3 N–H and O–H groups in total. The lowest BCUT2D eigenvalue weighted by molar-refractivity contribution is -0.141. The molecule has 178 valence electrons. The van der Waals surface area contributed by atoms with E-state index in [1.54, 1.807) is 6.07 Å². The van der Waals surface area contributed by atoms with Crippen molar-refractivity contribution in [3.8, 4) is 17.2 Å². The van der Waals surface area contributed by atoms with E-state index in [4.69, 9.17) is 14.2 Å². The Kier molecular flexibility index (Phi) is 5.05. The first-order valence-electron chi connectivity index (χ1n) is 11.0. The van der Waals surface area contributed by atoms with Crippen LogP contribution >= 0.6 is 0 Å². The maximum atomic E-state index is 13.5. The van der Waals surface area contributed by atoms with E-state index in [2.05, 4.69) is 0 Å². The molecule has 3 unspecified atom stereocenters. The summed E-state index contributed by atoms with van der Waals surface area (Å²) in [6.07, 6.45) is -1.74. The number of methoxy groups -OCH3 is 1. The summed E-state index contributed by atoms with van der Waals surface area (Å²) in [5, 5.41) is 33.5. The van der Waals surface area contributed by atoms with E-state index < -0.39 is 40.6 Å². The van der Waals surface area contributed by atoms with Gasteiger partial charge in [-0.2, -0.15) is 0 Å². The molecule has 3 aliphatic rings. The molecule has 1 aliphatic heterocycles. The molecule has 0 bridgehead atoms. The Morgan fingerprint density at radius 1 is 1.15 bits per heavy atom. The van der Waals surface area contributed by atoms with Crippen LogP contribution < -0.4 is 4.74 Å². The van der Waals surface area contributed by atoms with Crippen LogP contribution in [0.15, 0.2) is 18.2 Å². The van der Waals surface area contributed by atoms with Gasteiger partial charge in [-0.25, -0.2) is 0 Å². The molecule has 0 radical (unpaired) electrons. The molecule has 2 aliphatic carbocycles. The van der Waals surface area contributed by atoms with Crippen molar-refractivity contribution in [1.29, 1.82) is 0 Å². The third kappa shape index (κ3) is 3.15. The number of carbonyl (C=O) groups is 3. The molecule has 2 aromatic rings. The Bertz CT molecular complexity index is 1260. The highest BCUT2D eigenvalue weighted by molar-refractivity contribution is 6.31. The predicted molar refractivity (Wildman–Crippen MR) is 117 cm³/mol. The van der Waals surface area contributed by atoms with Crippen LogP contribution in [0.4, 0.5) is 0 Å². The number of epoxide rings is 1. The molecule has 9 nitrogen and oxygen atoms in total. The average molecular weight is 468 g/mol. The van der Waals surface area contributed by atoms with Gasteiger partial charge in [0.1, 0.15) is 29.0 Å². The maximum Gasteiger partial charge on any atom is 0.202 e. The zero-order valence-corrected chi connectivity index (χ0v) is 18.9. The van der Waals surface area contributed by atoms with Crippen molar-refractivity contribution in [3.63, 3.8) is 0 Å². The van der Waals surface area contributed by atoms with Crippen molar-refractivity contribution in [1.82, 2.24) is 0 Å². The Morgan fingerprint density at radius 2 is 1.82 bits per heavy atom. The van der Waals surface area contributed by atoms with Gasteiger partial charge in [-0.15, -0.1) is 0 Å². The number of benzene rings is 2. The van der Waals surface area contributed by atoms with Gasteiger partial charge in [-0.1, -0.05) is 12.1 Å². The van der Waals surface area contributed by atoms with Crippen molar-refractivity contribution in [3.05, 3.63) is 51.6 Å². The summed E-state index contributed by atoms with van der Waals surface area (Å²) >= 11 is 0. The van der Waals surface area contributed by atoms with Crippen molar-refractivity contribution in [2.45, 2.75) is 50.6 Å². The quantitative estimate of drug-likeness (QED) is 0.378. The average Bonchev–Trinajstić information content (AvgIpc) is 3.52. The van der Waals surface area contributed by atoms with E-state index in [9.17, 15) is 29.7 Å². The van der Waals surface area contributed by atoms with Gasteiger partial charge in [-0.05, 0) is 19.9 Å². The fourth-order valence-corrected chi connectivity index (χ4v) is 4.95. The molecule has 9 heteroatoms. The van der Waals surface area contributed by atoms with Gasteiger partial charge < -0.3 is 29.5 Å². The lowest BCUT2D eigenvalue weighted by Gasteiger charge is -2.38. The van der Waals surface area contributed by atoms with Gasteiger partial charge in [0.2, 0.25) is 5.78 Å². The Labute approximate surface area is 194 Å². The Balaban J connectivity index is 1.71. The van der Waals surface area contributed by atoms with Crippen LogP contribution in [0, 0.1) is 0 Å². The van der Waals surface area contributed by atoms with E-state index >= 15 is 0 Å². The van der Waals surface area contributed by atoms with Crippen molar-refractivity contribution in [2.75, 3.05) is 13.7 Å². The van der Waals surface area contributed by atoms with Gasteiger partial charge in [0.05, 0.1) is 42.6 Å². The highest BCUT2D eigenvalue weighted by Gasteiger charge is 2.48. The summed E-state index contributed by atoms with van der Waals surface area (Å²) in [6, 6.07) is 4.51. The summed E-state index contributed by atoms with van der Waals surface area (Å²) in [6.45, 7) is 3.21. The number of aromatic hydroxyl groups is 2. The number of phenolic OH excluding ortho intramolecular Hbond substituents is 2. The molecule has 0 spiro atoms. The zero-order valence-electron chi connectivity index (χ0n) is 18.9. The van der Waals surface area contributed by atoms with E-state index in [1.165, 1.54) is 26.2 Å². The summed E-state index contributed by atoms with van der Waals surface area (Å²) < 4.78 is 16.5. The molecule has 1 fully saturated rings. The minimum atomic E-state index is -1.88. The summed E-state index contributed by atoms with van der Waals surface area (Å²) in [5.41, 5.74) is -2.50. The molecule has 0 aromatic heterocycles. The maximum absolute atomic E-state index is 13.5. The van der Waals surface area contributed by atoms with E-state index in [0.29, 0.717) is 0 Å². The lowest BCUT2D eigenvalue weighted by Crippen LogP contribution is -2.45. The monoisotopic (exact) mass is 468 g/mol. The van der Waals surface area contributed by atoms with Crippen LogP contribution in [-0.2, 0) is 20.7 Å². The Morgan fingerprint density at radius 3 is 2.44 bits per heavy atom. The SMILES string of the molecule is COc1cccc2c1C(=O)c1c(O)c3c(c(O)c1C2=O)CC(O)(C(C)=O)C[C@@H]3OCC1OC1C. The van der Waals surface area contributed by atoms with E-state index in [1.807, 2.05) is 6.92 Å². The second-order valence-corrected chi connectivity index (χ2v) is 9.05. The predicted octanol–water partition coefficient (Wildman–Crippen LogP) is 1.99. The lowest BCUT2D eigenvalue weighted by atomic mass is 9.72. The van der Waals surface area contributed by atoms with Gasteiger partial charge in [0.15, 0.2) is 11.6 Å². The molecule has 1 saturated heterocycles. The molecular weight excluding hydrogens is 444 g/mol. The third-order valence-corrected chi connectivity index (χ3v) is 7.03. The standard InChI is InChI=1S/C25H24O9/c1-10-16(34-10)9-33-15-8-25(31,11(2)26)7-13-18(15)24(30)20-19(22(13)28)21(27)12-5-4-6-14(32-3)17(12)23(20)29/h4-6,10,15-16,28,30-31H,7-9H2,1-3H3/t10?,15-,16?,25?/m0/s1. The van der Waals surface area contributed by atoms with Gasteiger partial charge in [0.25, 0.3) is 0 Å². The number of hydrogen-bond donors (Lipinski definition) is 3. The molecule has 0 saturated carbocycles. The Hall–Kier alpha value is -3.27. The van der Waals surface area contributed by atoms with Gasteiger partial charge >= 0.3 is 0 Å². The first-order valence-corrected chi connectivity index (χ1v) is 11.0. The van der Waals surface area contributed by atoms with Gasteiger partial charge in [0, 0.05) is 29.5 Å². The molecule has 4 atom stereocenters. The topological polar surface area (TPSA) is 143 Å². The number of phenols is 2. The van der Waals surface area contributed by atoms with Crippen molar-refractivity contribution in [2.24, 2.45) is 0 Å². The fourth-order valence-electron chi connectivity index (χ4n) is 4.95. The largest absolute Gasteiger partial charge is 0.507 e. The zero-order chi connectivity index (χ0) is 24.5. The summed E-state index contributed by atoms with van der Waals surface area (Å²) in [4.78, 5) is 39.2. The van der Waals surface area contributed by atoms with Crippen LogP contribution in [0.3, 0.4) is 0 Å². The van der Waals surface area contributed by atoms with Gasteiger partial charge in [-0.3, -0.25) is 14.4 Å². The highest BCUT2D eigenvalue weighted by Crippen LogP contribution is 2.52. The number of carbonyl (C=O) groups excluding carboxylic acids is 3. The number of Topliss-reactive ketones (excluding diaryl/α,β-unsaturated/α-hetero) is 1. The van der Waals surface area contributed by atoms with E-state index in [0.717, 1.165) is 0 Å².